The molecule has 75 heavy (non-hydrogen) atoms. The minimum absolute atomic E-state index is 0.00348. The number of carbonyl (C=O) groups excluding carboxylic acids is 4. The van der Waals surface area contributed by atoms with E-state index in [1.807, 2.05) is 30.5 Å². The van der Waals surface area contributed by atoms with Crippen molar-refractivity contribution in [1.29, 1.82) is 0 Å². The predicted molar refractivity (Wildman–Crippen MR) is 281 cm³/mol. The molecule has 4 N–H and O–H groups in total. The smallest absolute Gasteiger partial charge is 0.274 e. The van der Waals surface area contributed by atoms with Gasteiger partial charge in [-0.2, -0.15) is 0 Å². The number of rotatable bonds is 21. The van der Waals surface area contributed by atoms with Crippen LogP contribution < -0.4 is 32.0 Å². The van der Waals surface area contributed by atoms with Crippen molar-refractivity contribution in [3.8, 4) is 16.8 Å². The van der Waals surface area contributed by atoms with Crippen molar-refractivity contribution in [2.75, 3.05) is 81.2 Å². The molecule has 1 atom stereocenters. The molecule has 0 bridgehead atoms. The molecule has 6 aromatic rings. The van der Waals surface area contributed by atoms with Crippen molar-refractivity contribution in [2.24, 2.45) is 7.05 Å². The highest BCUT2D eigenvalue weighted by Crippen LogP contribution is 2.41. The molecule has 1 aliphatic carbocycles. The second-order valence-corrected chi connectivity index (χ2v) is 19.5. The van der Waals surface area contributed by atoms with E-state index in [1.54, 1.807) is 61.9 Å². The molecule has 4 amide bonds. The molecular weight excluding hydrogens is 962 g/mol. The van der Waals surface area contributed by atoms with Crippen LogP contribution >= 0.6 is 0 Å². The molecule has 10 rings (SSSR count). The number of hydrogen-bond acceptors (Lipinski definition) is 14. The maximum absolute atomic E-state index is 15.4. The number of halogens is 1. The number of imide groups is 2. The highest BCUT2D eigenvalue weighted by atomic mass is 19.1. The van der Waals surface area contributed by atoms with Gasteiger partial charge in [-0.15, -0.1) is 0 Å². The molecule has 6 heterocycles. The Hall–Kier alpha value is -7.58. The summed E-state index contributed by atoms with van der Waals surface area (Å²) in [4.78, 5) is 88.0. The first-order valence-corrected chi connectivity index (χ1v) is 25.7. The van der Waals surface area contributed by atoms with Crippen LogP contribution in [0, 0.1) is 5.82 Å². The summed E-state index contributed by atoms with van der Waals surface area (Å²) in [5.41, 5.74) is 4.44. The number of piperidine rings is 1. The first kappa shape index (κ1) is 50.9. The number of ether oxygens (including phenoxy) is 2. The number of unbranched alkanes of at least 4 members (excludes halogenated alkanes) is 2. The van der Waals surface area contributed by atoms with Gasteiger partial charge in [0, 0.05) is 82.0 Å². The van der Waals surface area contributed by atoms with E-state index in [0.717, 1.165) is 81.0 Å². The normalized spacial score (nSPS) is 17.0. The van der Waals surface area contributed by atoms with E-state index in [4.69, 9.17) is 9.47 Å². The highest BCUT2D eigenvalue weighted by Gasteiger charge is 2.45. The molecule has 3 aromatic carbocycles. The van der Waals surface area contributed by atoms with Gasteiger partial charge in [-0.1, -0.05) is 24.3 Å². The number of fused-ring (bicyclic) bond motifs is 2. The Bertz CT molecular complexity index is 3280. The van der Waals surface area contributed by atoms with Gasteiger partial charge in [-0.3, -0.25) is 48.5 Å². The molecule has 0 radical (unpaired) electrons. The zero-order valence-corrected chi connectivity index (χ0v) is 41.8. The zero-order chi connectivity index (χ0) is 52.2. The third kappa shape index (κ3) is 11.0. The summed E-state index contributed by atoms with van der Waals surface area (Å²) in [6.45, 7) is 6.44. The van der Waals surface area contributed by atoms with Gasteiger partial charge in [0.2, 0.25) is 11.8 Å². The van der Waals surface area contributed by atoms with E-state index >= 15 is 4.39 Å². The number of nitrogens with one attached hydrogen (secondary N) is 3. The Morgan fingerprint density at radius 2 is 1.59 bits per heavy atom. The fourth-order valence-corrected chi connectivity index (χ4v) is 10.4. The first-order chi connectivity index (χ1) is 36.5. The molecule has 19 heteroatoms. The number of aliphatic hydroxyl groups is 1. The van der Waals surface area contributed by atoms with Crippen LogP contribution in [-0.4, -0.2) is 124 Å². The number of piperazine rings is 1. The number of nitrogens with zero attached hydrogens (tertiary/aromatic N) is 6. The molecule has 3 aromatic heterocycles. The lowest BCUT2D eigenvalue weighted by molar-refractivity contribution is -0.136. The summed E-state index contributed by atoms with van der Waals surface area (Å²) in [6, 6.07) is 19.9. The van der Waals surface area contributed by atoms with E-state index in [-0.39, 0.29) is 40.6 Å². The number of hydrogen-bond donors (Lipinski definition) is 4. The molecule has 1 saturated carbocycles. The Morgan fingerprint density at radius 1 is 0.800 bits per heavy atom. The SMILES string of the molecule is Cn1cc(-c2cccc(-n3ccc4cc(C5CC5)cc(F)c4c3=O)c2CO)cc(Nc2ccc(N3CCN(CCCCCOCCOCCNc4cccc5c4C(=O)N(C4CCC(=O)NC4=O)C5=O)CC3)cn2)c1=O. The minimum Gasteiger partial charge on any atom is -0.392 e. The van der Waals surface area contributed by atoms with Crippen molar-refractivity contribution < 1.29 is 38.1 Å². The van der Waals surface area contributed by atoms with Gasteiger partial charge >= 0.3 is 0 Å². The number of amides is 4. The summed E-state index contributed by atoms with van der Waals surface area (Å²) in [5, 5.41) is 19.9. The number of aryl methyl sites for hydroxylation is 1. The Morgan fingerprint density at radius 3 is 2.35 bits per heavy atom. The van der Waals surface area contributed by atoms with Crippen molar-refractivity contribution in [3.05, 3.63) is 140 Å². The standard InChI is InChI=1S/C56H60FN9O9/c1-62-33-38(40-7-6-10-46(42(40)34-67)65-20-17-36-29-37(35-11-12-35)30-43(57)50(36)55(65)72)31-45(54(62)71)60-48-15-13-39(32-59-48)64-23-21-63(22-24-64)19-3-2-4-25-74-27-28-75-26-18-58-44-9-5-8-41-51(44)56(73)66(53(41)70)47-14-16-49(68)61-52(47)69/h5-10,13,15,17,20,29-33,35,47,58,67H,2-4,11-12,14,16,18-19,21-28,34H2,1H3,(H,59,60)(H,61,68,69). The van der Waals surface area contributed by atoms with Crippen LogP contribution in [0.2, 0.25) is 0 Å². The lowest BCUT2D eigenvalue weighted by Gasteiger charge is -2.36. The lowest BCUT2D eigenvalue weighted by atomic mass is 9.98. The van der Waals surface area contributed by atoms with Gasteiger partial charge in [0.1, 0.15) is 23.4 Å². The summed E-state index contributed by atoms with van der Waals surface area (Å²) in [7, 11) is 1.65. The molecule has 3 aliphatic heterocycles. The topological polar surface area (TPSA) is 210 Å². The summed E-state index contributed by atoms with van der Waals surface area (Å²) >= 11 is 0. The number of benzene rings is 3. The molecule has 0 spiro atoms. The Labute approximate surface area is 432 Å². The van der Waals surface area contributed by atoms with E-state index in [0.29, 0.717) is 78.2 Å². The van der Waals surface area contributed by atoms with Gasteiger partial charge in [0.25, 0.3) is 22.9 Å². The fraction of sp³-hybridized carbons (Fsp3) is 0.375. The van der Waals surface area contributed by atoms with Crippen LogP contribution in [0.4, 0.5) is 27.3 Å². The third-order valence-electron chi connectivity index (χ3n) is 14.5. The van der Waals surface area contributed by atoms with Crippen LogP contribution in [0.1, 0.15) is 82.7 Å². The summed E-state index contributed by atoms with van der Waals surface area (Å²) in [6.07, 6.45) is 10.4. The van der Waals surface area contributed by atoms with Crippen LogP contribution in [-0.2, 0) is 32.7 Å². The van der Waals surface area contributed by atoms with Crippen LogP contribution in [0.15, 0.2) is 101 Å². The second kappa shape index (κ2) is 22.5. The molecule has 2 saturated heterocycles. The van der Waals surface area contributed by atoms with Crippen LogP contribution in [0.5, 0.6) is 0 Å². The molecule has 18 nitrogen and oxygen atoms in total. The average Bonchev–Trinajstić information content (AvgIpc) is 4.24. The van der Waals surface area contributed by atoms with Gasteiger partial charge in [-0.05, 0) is 116 Å². The quantitative estimate of drug-likeness (QED) is 0.0494. The van der Waals surface area contributed by atoms with Gasteiger partial charge < -0.3 is 34.7 Å². The highest BCUT2D eigenvalue weighted by molar-refractivity contribution is 6.25. The van der Waals surface area contributed by atoms with Crippen molar-refractivity contribution in [3.63, 3.8) is 0 Å². The van der Waals surface area contributed by atoms with Crippen LogP contribution in [0.3, 0.4) is 0 Å². The number of aliphatic hydroxyl groups excluding tert-OH is 1. The predicted octanol–water partition coefficient (Wildman–Crippen LogP) is 5.84. The van der Waals surface area contributed by atoms with Crippen LogP contribution in [0.25, 0.3) is 27.6 Å². The third-order valence-corrected chi connectivity index (χ3v) is 14.5. The van der Waals surface area contributed by atoms with Gasteiger partial charge in [0.05, 0.1) is 60.5 Å². The number of carbonyl (C=O) groups is 4. The van der Waals surface area contributed by atoms with E-state index in [1.165, 1.54) is 15.2 Å². The number of pyridine rings is 3. The number of aromatic nitrogens is 3. The van der Waals surface area contributed by atoms with E-state index < -0.39 is 47.7 Å². The van der Waals surface area contributed by atoms with Crippen molar-refractivity contribution in [2.45, 2.75) is 63.5 Å². The lowest BCUT2D eigenvalue weighted by Crippen LogP contribution is -2.54. The molecule has 3 fully saturated rings. The monoisotopic (exact) mass is 1020 g/mol. The minimum atomic E-state index is -1.02. The Balaban J connectivity index is 0.634. The second-order valence-electron chi connectivity index (χ2n) is 19.5. The average molecular weight is 1020 g/mol. The van der Waals surface area contributed by atoms with E-state index in [2.05, 4.69) is 30.7 Å². The van der Waals surface area contributed by atoms with Gasteiger partial charge in [0.15, 0.2) is 0 Å². The maximum Gasteiger partial charge on any atom is 0.274 e. The Kier molecular flexibility index (Phi) is 15.3. The molecule has 390 valence electrons. The summed E-state index contributed by atoms with van der Waals surface area (Å²) < 4.78 is 29.8. The molecule has 4 aliphatic rings. The zero-order valence-electron chi connectivity index (χ0n) is 41.8. The summed E-state index contributed by atoms with van der Waals surface area (Å²) in [5.74, 6) is -1.89. The van der Waals surface area contributed by atoms with Crippen molar-refractivity contribution >= 4 is 57.3 Å². The molecular formula is C56H60FN9O9. The number of anilines is 4. The first-order valence-electron chi connectivity index (χ1n) is 25.7. The van der Waals surface area contributed by atoms with E-state index in [9.17, 15) is 33.9 Å². The van der Waals surface area contributed by atoms with Gasteiger partial charge in [-0.25, -0.2) is 9.37 Å². The molecule has 1 unspecified atom stereocenters. The van der Waals surface area contributed by atoms with Crippen molar-refractivity contribution in [1.82, 2.24) is 29.2 Å². The largest absolute Gasteiger partial charge is 0.392 e. The fourth-order valence-electron chi connectivity index (χ4n) is 10.4. The maximum atomic E-state index is 15.4.